The Bertz CT molecular complexity index is 929. The van der Waals surface area contributed by atoms with Crippen molar-refractivity contribution in [3.05, 3.63) is 69.3 Å². The van der Waals surface area contributed by atoms with Gasteiger partial charge in [-0.3, -0.25) is 4.79 Å². The number of hydrogen-bond donors (Lipinski definition) is 2. The van der Waals surface area contributed by atoms with Crippen molar-refractivity contribution in [1.82, 2.24) is 10.3 Å². The maximum atomic E-state index is 12.6. The normalized spacial score (nSPS) is 16.8. The number of aromatic nitrogens is 1. The van der Waals surface area contributed by atoms with E-state index in [0.717, 1.165) is 23.7 Å². The second kappa shape index (κ2) is 6.10. The van der Waals surface area contributed by atoms with Crippen LogP contribution in [0.1, 0.15) is 33.6 Å². The predicted molar refractivity (Wildman–Crippen MR) is 100 cm³/mol. The van der Waals surface area contributed by atoms with E-state index >= 15 is 0 Å². The predicted octanol–water partition coefficient (Wildman–Crippen LogP) is 4.53. The third-order valence-electron chi connectivity index (χ3n) is 4.80. The number of benzene rings is 2. The molecule has 3 aromatic rings. The molecule has 0 saturated carbocycles. The number of carbonyl (C=O) groups excluding carboxylic acids is 1. The van der Waals surface area contributed by atoms with Gasteiger partial charge in [-0.1, -0.05) is 23.8 Å². The molecule has 4 heteroatoms. The molecule has 24 heavy (non-hydrogen) atoms. The number of H-pyrrole nitrogens is 1. The number of fused-ring (bicyclic) bond motifs is 3. The number of aromatic amines is 1. The molecule has 1 unspecified atom stereocenters. The quantitative estimate of drug-likeness (QED) is 0.671. The fourth-order valence-electron chi connectivity index (χ4n) is 3.56. The lowest BCUT2D eigenvalue weighted by Crippen LogP contribution is -2.38. The van der Waals surface area contributed by atoms with E-state index in [1.807, 2.05) is 24.3 Å². The maximum absolute atomic E-state index is 12.6. The monoisotopic (exact) mass is 382 g/mol. The van der Waals surface area contributed by atoms with E-state index in [-0.39, 0.29) is 11.9 Å². The molecule has 1 amide bonds. The van der Waals surface area contributed by atoms with Crippen molar-refractivity contribution in [3.8, 4) is 0 Å². The molecule has 1 aliphatic rings. The van der Waals surface area contributed by atoms with Crippen molar-refractivity contribution in [3.63, 3.8) is 0 Å². The molecule has 4 rings (SSSR count). The average molecular weight is 383 g/mol. The zero-order valence-electron chi connectivity index (χ0n) is 13.5. The van der Waals surface area contributed by atoms with Crippen molar-refractivity contribution in [1.29, 1.82) is 0 Å². The van der Waals surface area contributed by atoms with E-state index in [0.29, 0.717) is 5.56 Å². The molecule has 0 bridgehead atoms. The first-order valence-corrected chi connectivity index (χ1v) is 9.06. The first-order chi connectivity index (χ1) is 11.6. The van der Waals surface area contributed by atoms with Gasteiger partial charge in [0.05, 0.1) is 5.56 Å². The van der Waals surface area contributed by atoms with Crippen LogP contribution in [0.3, 0.4) is 0 Å². The van der Waals surface area contributed by atoms with Crippen molar-refractivity contribution in [2.75, 3.05) is 0 Å². The number of rotatable bonds is 2. The summed E-state index contributed by atoms with van der Waals surface area (Å²) < 4.78 is 0.835. The van der Waals surface area contributed by atoms with Gasteiger partial charge in [-0.25, -0.2) is 0 Å². The van der Waals surface area contributed by atoms with Crippen LogP contribution in [0.4, 0.5) is 0 Å². The highest BCUT2D eigenvalue weighted by Crippen LogP contribution is 2.30. The van der Waals surface area contributed by atoms with Crippen molar-refractivity contribution in [2.45, 2.75) is 32.2 Å². The fourth-order valence-corrected chi connectivity index (χ4v) is 4.03. The molecular weight excluding hydrogens is 364 g/mol. The maximum Gasteiger partial charge on any atom is 0.252 e. The summed E-state index contributed by atoms with van der Waals surface area (Å²) in [6.45, 7) is 2.12. The number of halogens is 1. The Hall–Kier alpha value is -2.07. The minimum absolute atomic E-state index is 0.00746. The number of hydrogen-bond acceptors (Lipinski definition) is 1. The smallest absolute Gasteiger partial charge is 0.252 e. The van der Waals surface area contributed by atoms with Crippen LogP contribution in [0, 0.1) is 6.92 Å². The van der Waals surface area contributed by atoms with Crippen LogP contribution in [0.15, 0.2) is 46.9 Å². The summed E-state index contributed by atoms with van der Waals surface area (Å²) in [6, 6.07) is 14.3. The Labute approximate surface area is 149 Å². The summed E-state index contributed by atoms with van der Waals surface area (Å²) in [7, 11) is 0. The highest BCUT2D eigenvalue weighted by molar-refractivity contribution is 9.10. The van der Waals surface area contributed by atoms with Gasteiger partial charge in [-0.2, -0.15) is 0 Å². The lowest BCUT2D eigenvalue weighted by Gasteiger charge is -2.24. The van der Waals surface area contributed by atoms with Crippen LogP contribution in [0.25, 0.3) is 10.9 Å². The fraction of sp³-hybridized carbons (Fsp3) is 0.250. The lowest BCUT2D eigenvalue weighted by atomic mass is 9.91. The van der Waals surface area contributed by atoms with Gasteiger partial charge < -0.3 is 10.3 Å². The van der Waals surface area contributed by atoms with Gasteiger partial charge >= 0.3 is 0 Å². The molecule has 2 N–H and O–H groups in total. The first-order valence-electron chi connectivity index (χ1n) is 8.27. The molecule has 0 radical (unpaired) electrons. The number of amides is 1. The SMILES string of the molecule is Cc1ccc2[nH]c3c(c2c1)CC(NC(=O)c1ccccc1Br)CC3. The molecule has 1 aromatic heterocycles. The van der Waals surface area contributed by atoms with E-state index in [4.69, 9.17) is 0 Å². The van der Waals surface area contributed by atoms with Crippen LogP contribution in [-0.2, 0) is 12.8 Å². The molecule has 1 aliphatic carbocycles. The van der Waals surface area contributed by atoms with Crippen molar-refractivity contribution in [2.24, 2.45) is 0 Å². The Balaban J connectivity index is 1.58. The number of nitrogens with one attached hydrogen (secondary N) is 2. The van der Waals surface area contributed by atoms with Gasteiger partial charge in [-0.15, -0.1) is 0 Å². The van der Waals surface area contributed by atoms with Crippen molar-refractivity contribution >= 4 is 32.7 Å². The van der Waals surface area contributed by atoms with Gasteiger partial charge in [-0.05, 0) is 71.9 Å². The number of aryl methyl sites for hydroxylation is 2. The van der Waals surface area contributed by atoms with Crippen LogP contribution in [0.2, 0.25) is 0 Å². The second-order valence-corrected chi connectivity index (χ2v) is 7.38. The highest BCUT2D eigenvalue weighted by atomic mass is 79.9. The Morgan fingerprint density at radius 1 is 1.25 bits per heavy atom. The van der Waals surface area contributed by atoms with Crippen LogP contribution < -0.4 is 5.32 Å². The van der Waals surface area contributed by atoms with E-state index in [2.05, 4.69) is 51.4 Å². The summed E-state index contributed by atoms with van der Waals surface area (Å²) in [5.41, 5.74) is 5.84. The molecule has 0 aliphatic heterocycles. The van der Waals surface area contributed by atoms with Crippen molar-refractivity contribution < 1.29 is 4.79 Å². The van der Waals surface area contributed by atoms with Gasteiger partial charge in [0.2, 0.25) is 0 Å². The highest BCUT2D eigenvalue weighted by Gasteiger charge is 2.24. The van der Waals surface area contributed by atoms with Gasteiger partial charge in [0.1, 0.15) is 0 Å². The van der Waals surface area contributed by atoms with Crippen LogP contribution >= 0.6 is 15.9 Å². The number of carbonyl (C=O) groups is 1. The Morgan fingerprint density at radius 3 is 2.92 bits per heavy atom. The summed E-state index contributed by atoms with van der Waals surface area (Å²) in [5.74, 6) is -0.00746. The van der Waals surface area contributed by atoms with E-state index in [1.165, 1.54) is 27.7 Å². The largest absolute Gasteiger partial charge is 0.358 e. The summed E-state index contributed by atoms with van der Waals surface area (Å²) >= 11 is 3.46. The molecule has 3 nitrogen and oxygen atoms in total. The van der Waals surface area contributed by atoms with E-state index in [1.54, 1.807) is 0 Å². The van der Waals surface area contributed by atoms with Crippen LogP contribution in [0.5, 0.6) is 0 Å². The topological polar surface area (TPSA) is 44.9 Å². The molecule has 0 spiro atoms. The second-order valence-electron chi connectivity index (χ2n) is 6.52. The molecule has 2 aromatic carbocycles. The minimum atomic E-state index is -0.00746. The van der Waals surface area contributed by atoms with Gasteiger partial charge in [0.15, 0.2) is 0 Å². The van der Waals surface area contributed by atoms with E-state index < -0.39 is 0 Å². The third kappa shape index (κ3) is 2.75. The van der Waals surface area contributed by atoms with Crippen LogP contribution in [-0.4, -0.2) is 16.9 Å². The summed E-state index contributed by atoms with van der Waals surface area (Å²) in [5, 5.41) is 4.50. The zero-order valence-corrected chi connectivity index (χ0v) is 15.1. The standard InChI is InChI=1S/C20H19BrN2O/c1-12-6-8-18-15(10-12)16-11-13(7-9-19(16)23-18)22-20(24)14-4-2-3-5-17(14)21/h2-6,8,10,13,23H,7,9,11H2,1H3,(H,22,24). The van der Waals surface area contributed by atoms with E-state index in [9.17, 15) is 4.79 Å². The molecule has 122 valence electrons. The Morgan fingerprint density at radius 2 is 2.08 bits per heavy atom. The lowest BCUT2D eigenvalue weighted by molar-refractivity contribution is 0.0933. The molecule has 0 saturated heterocycles. The van der Waals surface area contributed by atoms with Gasteiger partial charge in [0.25, 0.3) is 5.91 Å². The third-order valence-corrected chi connectivity index (χ3v) is 5.49. The minimum Gasteiger partial charge on any atom is -0.358 e. The molecule has 0 fully saturated rings. The zero-order chi connectivity index (χ0) is 16.7. The summed E-state index contributed by atoms with van der Waals surface area (Å²) in [6.07, 6.45) is 2.83. The molecular formula is C20H19BrN2O. The van der Waals surface area contributed by atoms with Gasteiger partial charge in [0, 0.05) is 27.1 Å². The first kappa shape index (κ1) is 15.5. The Kier molecular flexibility index (Phi) is 3.93. The molecule has 1 heterocycles. The summed E-state index contributed by atoms with van der Waals surface area (Å²) in [4.78, 5) is 16.1. The molecule has 1 atom stereocenters. The average Bonchev–Trinajstić information content (AvgIpc) is 2.92.